The zero-order chi connectivity index (χ0) is 25.0. The molecule has 6 N–H and O–H groups in total. The van der Waals surface area contributed by atoms with E-state index in [0.717, 1.165) is 0 Å². The molecule has 11 nitrogen and oxygen atoms in total. The molecule has 1 aromatic carbocycles. The maximum Gasteiger partial charge on any atom is 0.408 e. The van der Waals surface area contributed by atoms with Gasteiger partial charge in [0.2, 0.25) is 5.95 Å². The van der Waals surface area contributed by atoms with Gasteiger partial charge in [0.25, 0.3) is 15.9 Å². The summed E-state index contributed by atoms with van der Waals surface area (Å²) in [6, 6.07) is 6.10. The molecule has 2 rings (SSSR count). The summed E-state index contributed by atoms with van der Waals surface area (Å²) in [6.07, 6.45) is -0.609. The summed E-state index contributed by atoms with van der Waals surface area (Å²) < 4.78 is 33.0. The number of carbonyl (C=O) groups excluding carboxylic acids is 2. The number of rotatable bonds is 7. The Morgan fingerprint density at radius 3 is 2.36 bits per heavy atom. The van der Waals surface area contributed by atoms with Crippen LogP contribution >= 0.6 is 0 Å². The van der Waals surface area contributed by atoms with E-state index in [1.54, 1.807) is 26.8 Å². The van der Waals surface area contributed by atoms with Gasteiger partial charge in [0, 0.05) is 11.6 Å². The Bertz CT molecular complexity index is 1110. The SMILES string of the molecule is CC(C)C[C@H](NC(=O)OC(C)(C)C)C(=O)NS(=O)(=O)c1cccc(-c2cc(N)nc(N)n2)c1. The van der Waals surface area contributed by atoms with E-state index in [1.807, 2.05) is 18.6 Å². The van der Waals surface area contributed by atoms with Crippen LogP contribution < -0.4 is 21.5 Å². The molecule has 0 saturated heterocycles. The zero-order valence-electron chi connectivity index (χ0n) is 19.2. The number of sulfonamides is 1. The van der Waals surface area contributed by atoms with Crippen molar-refractivity contribution in [2.24, 2.45) is 5.92 Å². The molecule has 0 aliphatic carbocycles. The first-order chi connectivity index (χ1) is 15.2. The van der Waals surface area contributed by atoms with Crippen molar-refractivity contribution < 1.29 is 22.7 Å². The molecule has 2 aromatic rings. The number of hydrogen-bond donors (Lipinski definition) is 4. The van der Waals surface area contributed by atoms with Crippen molar-refractivity contribution in [1.82, 2.24) is 20.0 Å². The molecule has 1 heterocycles. The molecule has 0 unspecified atom stereocenters. The van der Waals surface area contributed by atoms with Gasteiger partial charge in [-0.25, -0.2) is 22.9 Å². The molecule has 1 aromatic heterocycles. The van der Waals surface area contributed by atoms with Gasteiger partial charge < -0.3 is 21.5 Å². The third kappa shape index (κ3) is 7.90. The lowest BCUT2D eigenvalue weighted by atomic mass is 10.0. The Balaban J connectivity index is 2.26. The number of nitrogens with two attached hydrogens (primary N) is 2. The summed E-state index contributed by atoms with van der Waals surface area (Å²) in [5.74, 6) is -0.814. The summed E-state index contributed by atoms with van der Waals surface area (Å²) in [7, 11) is -4.26. The first-order valence-corrected chi connectivity index (χ1v) is 11.7. The fourth-order valence-electron chi connectivity index (χ4n) is 2.87. The molecule has 0 spiro atoms. The number of amides is 2. The molecule has 1 atom stereocenters. The van der Waals surface area contributed by atoms with E-state index in [2.05, 4.69) is 15.3 Å². The highest BCUT2D eigenvalue weighted by molar-refractivity contribution is 7.90. The lowest BCUT2D eigenvalue weighted by Crippen LogP contribution is -2.50. The van der Waals surface area contributed by atoms with Crippen LogP contribution in [0.25, 0.3) is 11.3 Å². The average Bonchev–Trinajstić information content (AvgIpc) is 2.64. The number of aromatic nitrogens is 2. The first kappa shape index (κ1) is 25.8. The molecule has 33 heavy (non-hydrogen) atoms. The van der Waals surface area contributed by atoms with E-state index in [0.29, 0.717) is 11.3 Å². The minimum Gasteiger partial charge on any atom is -0.444 e. The first-order valence-electron chi connectivity index (χ1n) is 10.2. The second-order valence-corrected chi connectivity index (χ2v) is 10.5. The predicted octanol–water partition coefficient (Wildman–Crippen LogP) is 2.05. The highest BCUT2D eigenvalue weighted by atomic mass is 32.2. The lowest BCUT2D eigenvalue weighted by molar-refractivity contribution is -0.121. The highest BCUT2D eigenvalue weighted by Gasteiger charge is 2.28. The van der Waals surface area contributed by atoms with Gasteiger partial charge in [-0.1, -0.05) is 26.0 Å². The average molecular weight is 479 g/mol. The third-order valence-corrected chi connectivity index (χ3v) is 5.50. The third-order valence-electron chi connectivity index (χ3n) is 4.15. The van der Waals surface area contributed by atoms with Gasteiger partial charge in [-0.15, -0.1) is 0 Å². The number of anilines is 2. The van der Waals surface area contributed by atoms with Crippen molar-refractivity contribution >= 4 is 33.8 Å². The normalized spacial score (nSPS) is 12.8. The van der Waals surface area contributed by atoms with Crippen LogP contribution in [-0.2, 0) is 19.6 Å². The summed E-state index contributed by atoms with van der Waals surface area (Å²) in [5.41, 5.74) is 11.3. The smallest absolute Gasteiger partial charge is 0.408 e. The fraction of sp³-hybridized carbons (Fsp3) is 0.429. The molecule has 0 aliphatic heterocycles. The van der Waals surface area contributed by atoms with E-state index < -0.39 is 33.7 Å². The number of benzene rings is 1. The maximum atomic E-state index is 12.9. The van der Waals surface area contributed by atoms with Crippen LogP contribution in [0.2, 0.25) is 0 Å². The van der Waals surface area contributed by atoms with Gasteiger partial charge in [0.05, 0.1) is 10.6 Å². The van der Waals surface area contributed by atoms with Crippen LogP contribution in [-0.4, -0.2) is 42.0 Å². The minimum absolute atomic E-state index is 0.00426. The summed E-state index contributed by atoms with van der Waals surface area (Å²) in [5, 5.41) is 2.45. The molecule has 0 bridgehead atoms. The molecule has 0 fully saturated rings. The number of hydrogen-bond acceptors (Lipinski definition) is 9. The van der Waals surface area contributed by atoms with Crippen LogP contribution in [0.3, 0.4) is 0 Å². The summed E-state index contributed by atoms with van der Waals surface area (Å²) >= 11 is 0. The number of carbonyl (C=O) groups is 2. The second kappa shape index (κ2) is 10.0. The standard InChI is InChI=1S/C21H30N6O5S/c1-12(2)9-16(25-20(29)32-21(3,4)5)18(28)27-33(30,31)14-8-6-7-13(10-14)15-11-17(22)26-19(23)24-15/h6-8,10-12,16H,9H2,1-5H3,(H,25,29)(H,27,28)(H4,22,23,24,26)/t16-/m0/s1. The molecular weight excluding hydrogens is 448 g/mol. The number of alkyl carbamates (subject to hydrolysis) is 1. The highest BCUT2D eigenvalue weighted by Crippen LogP contribution is 2.23. The molecule has 0 aliphatic rings. The van der Waals surface area contributed by atoms with Crippen LogP contribution in [0.1, 0.15) is 41.0 Å². The van der Waals surface area contributed by atoms with E-state index in [1.165, 1.54) is 24.3 Å². The van der Waals surface area contributed by atoms with Crippen LogP contribution in [0.4, 0.5) is 16.6 Å². The van der Waals surface area contributed by atoms with Gasteiger partial charge in [-0.3, -0.25) is 4.79 Å². The Hall–Kier alpha value is -3.41. The van der Waals surface area contributed by atoms with Crippen molar-refractivity contribution in [2.75, 3.05) is 11.5 Å². The number of nitrogen functional groups attached to an aromatic ring is 2. The molecule has 0 saturated carbocycles. The Labute approximate surface area is 193 Å². The van der Waals surface area contributed by atoms with E-state index in [-0.39, 0.29) is 29.0 Å². The molecular formula is C21H30N6O5S. The van der Waals surface area contributed by atoms with Crippen LogP contribution in [0.5, 0.6) is 0 Å². The molecule has 180 valence electrons. The quantitative estimate of drug-likeness (QED) is 0.463. The van der Waals surface area contributed by atoms with Crippen molar-refractivity contribution in [1.29, 1.82) is 0 Å². The number of nitrogens with zero attached hydrogens (tertiary/aromatic N) is 2. The summed E-state index contributed by atoms with van der Waals surface area (Å²) in [4.78, 5) is 32.6. The van der Waals surface area contributed by atoms with Crippen molar-refractivity contribution in [3.63, 3.8) is 0 Å². The fourth-order valence-corrected chi connectivity index (χ4v) is 3.94. The summed E-state index contributed by atoms with van der Waals surface area (Å²) in [6.45, 7) is 8.73. The van der Waals surface area contributed by atoms with Crippen molar-refractivity contribution in [3.8, 4) is 11.3 Å². The van der Waals surface area contributed by atoms with Gasteiger partial charge in [-0.2, -0.15) is 4.98 Å². The van der Waals surface area contributed by atoms with E-state index in [9.17, 15) is 18.0 Å². The van der Waals surface area contributed by atoms with Gasteiger partial charge >= 0.3 is 6.09 Å². The van der Waals surface area contributed by atoms with Crippen molar-refractivity contribution in [2.45, 2.75) is 57.6 Å². The van der Waals surface area contributed by atoms with E-state index in [4.69, 9.17) is 16.2 Å². The Morgan fingerprint density at radius 1 is 1.12 bits per heavy atom. The second-order valence-electron chi connectivity index (χ2n) is 8.86. The largest absolute Gasteiger partial charge is 0.444 e. The van der Waals surface area contributed by atoms with Gasteiger partial charge in [-0.05, 0) is 45.2 Å². The van der Waals surface area contributed by atoms with E-state index >= 15 is 0 Å². The number of nitrogens with one attached hydrogen (secondary N) is 2. The lowest BCUT2D eigenvalue weighted by Gasteiger charge is -2.24. The Kier molecular flexibility index (Phi) is 7.85. The van der Waals surface area contributed by atoms with Gasteiger partial charge in [0.1, 0.15) is 17.5 Å². The van der Waals surface area contributed by atoms with Crippen LogP contribution in [0, 0.1) is 5.92 Å². The minimum atomic E-state index is -4.26. The predicted molar refractivity (Wildman–Crippen MR) is 124 cm³/mol. The molecule has 0 radical (unpaired) electrons. The topological polar surface area (TPSA) is 179 Å². The molecule has 2 amide bonds. The maximum absolute atomic E-state index is 12.9. The van der Waals surface area contributed by atoms with Crippen molar-refractivity contribution in [3.05, 3.63) is 30.3 Å². The van der Waals surface area contributed by atoms with Crippen LogP contribution in [0.15, 0.2) is 35.2 Å². The van der Waals surface area contributed by atoms with Gasteiger partial charge in [0.15, 0.2) is 0 Å². The number of ether oxygens (including phenoxy) is 1. The molecule has 12 heteroatoms. The zero-order valence-corrected chi connectivity index (χ0v) is 20.1. The Morgan fingerprint density at radius 2 is 1.79 bits per heavy atom. The monoisotopic (exact) mass is 478 g/mol.